The first-order valence-electron chi connectivity index (χ1n) is 6.90. The number of fused-ring (bicyclic) bond motifs is 1. The standard InChI is InChI=1S/C16H13NO4S2/c1-9-11(6-10-4-2-3-5-12(10)21-9)7-13-15(20)17(8-14(18)19)16(22)23-13/h2-7,9H,8H2,1H3,(H,18,19)/b13-7-/t9-/m1/s1. The number of aliphatic carboxylic acids is 1. The first kappa shape index (κ1) is 15.8. The number of carboxylic acids is 1. The van der Waals surface area contributed by atoms with Gasteiger partial charge in [-0.1, -0.05) is 42.2 Å². The number of hydrogen-bond donors (Lipinski definition) is 1. The van der Waals surface area contributed by atoms with Crippen LogP contribution in [0.5, 0.6) is 5.75 Å². The Morgan fingerprint density at radius 3 is 2.96 bits per heavy atom. The van der Waals surface area contributed by atoms with Crippen LogP contribution in [0.1, 0.15) is 12.5 Å². The van der Waals surface area contributed by atoms with E-state index in [9.17, 15) is 9.59 Å². The van der Waals surface area contributed by atoms with Crippen molar-refractivity contribution in [2.24, 2.45) is 0 Å². The van der Waals surface area contributed by atoms with Gasteiger partial charge in [0.15, 0.2) is 0 Å². The van der Waals surface area contributed by atoms with Crippen LogP contribution >= 0.6 is 24.0 Å². The van der Waals surface area contributed by atoms with Gasteiger partial charge in [-0.05, 0) is 30.7 Å². The Balaban J connectivity index is 1.90. The Hall–Kier alpha value is -2.12. The molecule has 5 nitrogen and oxygen atoms in total. The molecule has 7 heteroatoms. The third-order valence-electron chi connectivity index (χ3n) is 3.48. The van der Waals surface area contributed by atoms with Crippen molar-refractivity contribution in [1.29, 1.82) is 0 Å². The fourth-order valence-corrected chi connectivity index (χ4v) is 3.60. The predicted molar refractivity (Wildman–Crippen MR) is 92.1 cm³/mol. The molecule has 0 aromatic heterocycles. The summed E-state index contributed by atoms with van der Waals surface area (Å²) in [6.07, 6.45) is 3.49. The van der Waals surface area contributed by atoms with Crippen LogP contribution < -0.4 is 4.74 Å². The molecule has 1 saturated heterocycles. The fourth-order valence-electron chi connectivity index (χ4n) is 2.34. The Labute approximate surface area is 142 Å². The SMILES string of the molecule is C[C@H]1Oc2ccccc2C=C1/C=C1\SC(=S)N(CC(=O)O)C1=O. The second-order valence-corrected chi connectivity index (χ2v) is 6.78. The summed E-state index contributed by atoms with van der Waals surface area (Å²) in [5.74, 6) is -0.671. The number of carboxylic acid groups (broad SMARTS) is 1. The molecule has 1 fully saturated rings. The van der Waals surface area contributed by atoms with Crippen molar-refractivity contribution in [2.75, 3.05) is 6.54 Å². The molecule has 2 aliphatic rings. The van der Waals surface area contributed by atoms with Crippen molar-refractivity contribution in [3.8, 4) is 5.75 Å². The smallest absolute Gasteiger partial charge is 0.323 e. The first-order chi connectivity index (χ1) is 11.0. The Morgan fingerprint density at radius 1 is 1.48 bits per heavy atom. The lowest BCUT2D eigenvalue weighted by atomic mass is 10.0. The minimum absolute atomic E-state index is 0.201. The molecule has 118 valence electrons. The van der Waals surface area contributed by atoms with Crippen LogP contribution in [-0.2, 0) is 9.59 Å². The number of thiocarbonyl (C=S) groups is 1. The van der Waals surface area contributed by atoms with Crippen LogP contribution in [0.2, 0.25) is 0 Å². The number of nitrogens with zero attached hydrogens (tertiary/aromatic N) is 1. The Morgan fingerprint density at radius 2 is 2.22 bits per heavy atom. The van der Waals surface area contributed by atoms with E-state index in [0.29, 0.717) is 4.91 Å². The average molecular weight is 347 g/mol. The molecule has 0 radical (unpaired) electrons. The van der Waals surface area contributed by atoms with E-state index in [1.807, 2.05) is 37.3 Å². The minimum Gasteiger partial charge on any atom is -0.485 e. The summed E-state index contributed by atoms with van der Waals surface area (Å²) in [5.41, 5.74) is 1.79. The summed E-state index contributed by atoms with van der Waals surface area (Å²) in [6.45, 7) is 1.48. The molecule has 23 heavy (non-hydrogen) atoms. The zero-order valence-electron chi connectivity index (χ0n) is 12.2. The molecule has 2 heterocycles. The predicted octanol–water partition coefficient (Wildman–Crippen LogP) is 2.68. The van der Waals surface area contributed by atoms with Gasteiger partial charge in [0.1, 0.15) is 22.7 Å². The summed E-state index contributed by atoms with van der Waals surface area (Å²) in [7, 11) is 0. The van der Waals surface area contributed by atoms with Crippen molar-refractivity contribution >= 4 is 46.3 Å². The highest BCUT2D eigenvalue weighted by Gasteiger charge is 2.34. The monoisotopic (exact) mass is 347 g/mol. The number of para-hydroxylation sites is 1. The van der Waals surface area contributed by atoms with E-state index in [1.54, 1.807) is 6.08 Å². The summed E-state index contributed by atoms with van der Waals surface area (Å²) in [5, 5.41) is 8.85. The molecule has 1 atom stereocenters. The van der Waals surface area contributed by atoms with Crippen molar-refractivity contribution in [1.82, 2.24) is 4.90 Å². The van der Waals surface area contributed by atoms with Crippen molar-refractivity contribution in [2.45, 2.75) is 13.0 Å². The van der Waals surface area contributed by atoms with Gasteiger partial charge in [0.05, 0.1) is 4.91 Å². The van der Waals surface area contributed by atoms with E-state index in [-0.39, 0.29) is 16.3 Å². The van der Waals surface area contributed by atoms with Gasteiger partial charge in [0.25, 0.3) is 5.91 Å². The first-order valence-corrected chi connectivity index (χ1v) is 8.12. The number of amides is 1. The van der Waals surface area contributed by atoms with E-state index < -0.39 is 12.5 Å². The minimum atomic E-state index is -1.09. The highest BCUT2D eigenvalue weighted by molar-refractivity contribution is 8.26. The number of thioether (sulfide) groups is 1. The van der Waals surface area contributed by atoms with Gasteiger partial charge in [-0.15, -0.1) is 0 Å². The number of rotatable bonds is 3. The summed E-state index contributed by atoms with van der Waals surface area (Å²) in [6, 6.07) is 7.65. The average Bonchev–Trinajstić information content (AvgIpc) is 2.75. The van der Waals surface area contributed by atoms with Gasteiger partial charge in [0.2, 0.25) is 0 Å². The van der Waals surface area contributed by atoms with Crippen LogP contribution in [0.3, 0.4) is 0 Å². The molecular weight excluding hydrogens is 334 g/mol. The molecule has 0 bridgehead atoms. The maximum Gasteiger partial charge on any atom is 0.323 e. The van der Waals surface area contributed by atoms with E-state index >= 15 is 0 Å². The van der Waals surface area contributed by atoms with E-state index in [4.69, 9.17) is 22.1 Å². The number of benzene rings is 1. The van der Waals surface area contributed by atoms with Gasteiger partial charge in [-0.3, -0.25) is 14.5 Å². The van der Waals surface area contributed by atoms with Gasteiger partial charge in [-0.25, -0.2) is 0 Å². The van der Waals surface area contributed by atoms with Crippen LogP contribution in [-0.4, -0.2) is 38.9 Å². The molecule has 3 rings (SSSR count). The van der Waals surface area contributed by atoms with Crippen LogP contribution in [0.4, 0.5) is 0 Å². The summed E-state index contributed by atoms with van der Waals surface area (Å²) >= 11 is 6.20. The van der Waals surface area contributed by atoms with Gasteiger partial charge in [-0.2, -0.15) is 0 Å². The molecule has 0 aliphatic carbocycles. The lowest BCUT2D eigenvalue weighted by Gasteiger charge is -2.23. The Kier molecular flexibility index (Phi) is 4.23. The van der Waals surface area contributed by atoms with Gasteiger partial charge < -0.3 is 9.84 Å². The maximum absolute atomic E-state index is 12.3. The van der Waals surface area contributed by atoms with Gasteiger partial charge in [0, 0.05) is 5.56 Å². The van der Waals surface area contributed by atoms with Crippen molar-refractivity contribution in [3.05, 3.63) is 46.4 Å². The second-order valence-electron chi connectivity index (χ2n) is 5.10. The lowest BCUT2D eigenvalue weighted by Crippen LogP contribution is -2.33. The van der Waals surface area contributed by atoms with E-state index in [0.717, 1.165) is 33.5 Å². The number of carbonyl (C=O) groups is 2. The summed E-state index contributed by atoms with van der Waals surface area (Å²) in [4.78, 5) is 24.6. The number of ether oxygens (including phenoxy) is 1. The quantitative estimate of drug-likeness (QED) is 0.670. The third-order valence-corrected chi connectivity index (χ3v) is 4.86. The molecule has 0 spiro atoms. The Bertz CT molecular complexity index is 769. The van der Waals surface area contributed by atoms with Crippen LogP contribution in [0.25, 0.3) is 6.08 Å². The van der Waals surface area contributed by atoms with Crippen molar-refractivity contribution in [3.63, 3.8) is 0 Å². The highest BCUT2D eigenvalue weighted by atomic mass is 32.2. The largest absolute Gasteiger partial charge is 0.485 e. The molecule has 1 N–H and O–H groups in total. The fraction of sp³-hybridized carbons (Fsp3) is 0.188. The zero-order chi connectivity index (χ0) is 16.6. The number of hydrogen-bond acceptors (Lipinski definition) is 5. The molecule has 0 unspecified atom stereocenters. The topological polar surface area (TPSA) is 66.8 Å². The molecule has 2 aliphatic heterocycles. The highest BCUT2D eigenvalue weighted by Crippen LogP contribution is 2.35. The molecule has 1 aromatic rings. The number of carbonyl (C=O) groups excluding carboxylic acids is 1. The summed E-state index contributed by atoms with van der Waals surface area (Å²) < 4.78 is 6.09. The van der Waals surface area contributed by atoms with Crippen LogP contribution in [0.15, 0.2) is 40.8 Å². The molecule has 1 aromatic carbocycles. The molecule has 0 saturated carbocycles. The maximum atomic E-state index is 12.3. The normalized spacial score (nSPS) is 22.0. The van der Waals surface area contributed by atoms with Crippen molar-refractivity contribution < 1.29 is 19.4 Å². The second kappa shape index (κ2) is 6.17. The third kappa shape index (κ3) is 3.16. The lowest BCUT2D eigenvalue weighted by molar-refractivity contribution is -0.140. The molecule has 1 amide bonds. The van der Waals surface area contributed by atoms with E-state index in [1.165, 1.54) is 0 Å². The zero-order valence-corrected chi connectivity index (χ0v) is 13.8. The molecular formula is C16H13NO4S2. The van der Waals surface area contributed by atoms with E-state index in [2.05, 4.69) is 0 Å². The van der Waals surface area contributed by atoms with Gasteiger partial charge >= 0.3 is 5.97 Å². The van der Waals surface area contributed by atoms with Crippen LogP contribution in [0, 0.1) is 0 Å².